The van der Waals surface area contributed by atoms with E-state index in [0.717, 1.165) is 154 Å². The third-order valence-corrected chi connectivity index (χ3v) is 20.0. The first kappa shape index (κ1) is 87.3. The molecule has 0 unspecified atom stereocenters. The summed E-state index contributed by atoms with van der Waals surface area (Å²) in [5, 5.41) is 0. The van der Waals surface area contributed by atoms with E-state index in [1.165, 1.54) is 107 Å². The van der Waals surface area contributed by atoms with Gasteiger partial charge in [0.1, 0.15) is 46.0 Å². The molecule has 0 atom stereocenters. The maximum atomic E-state index is 13.8. The first-order chi connectivity index (χ1) is 50.1. The standard InChI is InChI=1S/C88H128O16/c1-13-17-21-25-29-33-37-41-45-49-69-73-53-75(83(99-63(7)91)57-81(73)97-61(5)89)70(50-46-42-38-34-30-26-22-18-14-2)77-55-79(87(103-67(11)95)59-85(77)101-65(9)93)72(52-48-44-40-36-32-28-24-20-16-4)80-56-78(86(102-66(10)94)60-88(80)104-68(12)96)71(51-47-43-39-35-31-27-23-19-15-3)76-54-74(69)82(98-62(6)90)58-84(76)100-64(8)92/h53-60,69-72H,13-52H2,1-12H3. The minimum atomic E-state index is -0.779. The molecule has 1 aliphatic rings. The lowest BCUT2D eigenvalue weighted by atomic mass is 9.76. The van der Waals surface area contributed by atoms with Gasteiger partial charge in [-0.3, -0.25) is 38.4 Å². The van der Waals surface area contributed by atoms with Gasteiger partial charge in [-0.15, -0.1) is 0 Å². The molecule has 104 heavy (non-hydrogen) atoms. The van der Waals surface area contributed by atoms with Gasteiger partial charge in [-0.2, -0.15) is 0 Å². The Bertz CT molecular complexity index is 2760. The Morgan fingerprint density at radius 3 is 0.423 bits per heavy atom. The molecule has 0 saturated carbocycles. The van der Waals surface area contributed by atoms with Crippen LogP contribution < -0.4 is 37.9 Å². The normalized spacial score (nSPS) is 14.7. The van der Waals surface area contributed by atoms with Gasteiger partial charge in [0.15, 0.2) is 0 Å². The molecule has 8 bridgehead atoms. The van der Waals surface area contributed by atoms with Crippen molar-refractivity contribution < 1.29 is 76.3 Å². The summed E-state index contributed by atoms with van der Waals surface area (Å²) < 4.78 is 50.8. The molecule has 4 aromatic rings. The molecule has 0 saturated heterocycles. The molecule has 5 rings (SSSR count). The van der Waals surface area contributed by atoms with E-state index in [0.29, 0.717) is 95.9 Å². The second kappa shape index (κ2) is 48.7. The first-order valence-electron chi connectivity index (χ1n) is 40.3. The van der Waals surface area contributed by atoms with Gasteiger partial charge >= 0.3 is 47.8 Å². The van der Waals surface area contributed by atoms with E-state index in [4.69, 9.17) is 37.9 Å². The number of unbranched alkanes of at least 4 members (excludes halogenated alkanes) is 32. The summed E-state index contributed by atoms with van der Waals surface area (Å²) in [5.41, 5.74) is 3.94. The van der Waals surface area contributed by atoms with Crippen LogP contribution in [0.3, 0.4) is 0 Å². The number of esters is 8. The Morgan fingerprint density at radius 1 is 0.192 bits per heavy atom. The summed E-state index contributed by atoms with van der Waals surface area (Å²) in [6.45, 7) is 19.3. The quantitative estimate of drug-likeness (QED) is 0.0229. The van der Waals surface area contributed by atoms with Gasteiger partial charge in [-0.05, 0) is 49.9 Å². The lowest BCUT2D eigenvalue weighted by Gasteiger charge is -2.31. The minimum absolute atomic E-state index is 0.0852. The number of ether oxygens (including phenoxy) is 8. The van der Waals surface area contributed by atoms with Crippen LogP contribution in [0.15, 0.2) is 48.5 Å². The number of carbonyl (C=O) groups excluding carboxylic acids is 8. The van der Waals surface area contributed by atoms with Crippen molar-refractivity contribution in [1.82, 2.24) is 0 Å². The molecule has 0 N–H and O–H groups in total. The highest BCUT2D eigenvalue weighted by atomic mass is 16.6. The van der Waals surface area contributed by atoms with Gasteiger partial charge in [0.2, 0.25) is 0 Å². The van der Waals surface area contributed by atoms with Gasteiger partial charge in [0.25, 0.3) is 0 Å². The number of benzene rings is 4. The smallest absolute Gasteiger partial charge is 0.308 e. The second-order valence-electron chi connectivity index (χ2n) is 29.1. The molecular formula is C88H128O16. The molecule has 0 aliphatic heterocycles. The Labute approximate surface area is 623 Å². The molecule has 0 fully saturated rings. The van der Waals surface area contributed by atoms with Crippen molar-refractivity contribution in [1.29, 1.82) is 0 Å². The lowest BCUT2D eigenvalue weighted by molar-refractivity contribution is -0.133. The summed E-state index contributed by atoms with van der Waals surface area (Å²) in [6.07, 6.45) is 38.4. The maximum Gasteiger partial charge on any atom is 0.308 e. The van der Waals surface area contributed by atoms with E-state index >= 15 is 0 Å². The van der Waals surface area contributed by atoms with Gasteiger partial charge in [0.05, 0.1) is 0 Å². The number of rotatable bonds is 48. The molecule has 0 aromatic heterocycles. The van der Waals surface area contributed by atoms with E-state index in [1.807, 2.05) is 24.3 Å². The Kier molecular flexibility index (Phi) is 40.9. The van der Waals surface area contributed by atoms with Crippen molar-refractivity contribution in [3.63, 3.8) is 0 Å². The topological polar surface area (TPSA) is 210 Å². The predicted octanol–water partition coefficient (Wildman–Crippen LogP) is 23.6. The van der Waals surface area contributed by atoms with Crippen molar-refractivity contribution in [3.05, 3.63) is 93.0 Å². The third kappa shape index (κ3) is 30.6. The first-order valence-corrected chi connectivity index (χ1v) is 40.3. The zero-order valence-corrected chi connectivity index (χ0v) is 65.7. The highest BCUT2D eigenvalue weighted by Crippen LogP contribution is 2.54. The Morgan fingerprint density at radius 2 is 0.308 bits per heavy atom. The van der Waals surface area contributed by atoms with Crippen LogP contribution >= 0.6 is 0 Å². The van der Waals surface area contributed by atoms with Crippen molar-refractivity contribution in [2.24, 2.45) is 0 Å². The zero-order valence-electron chi connectivity index (χ0n) is 65.7. The number of carbonyl (C=O) groups is 8. The summed E-state index contributed by atoms with van der Waals surface area (Å²) in [6, 6.07) is 14.0. The highest BCUT2D eigenvalue weighted by Gasteiger charge is 2.37. The zero-order chi connectivity index (χ0) is 75.8. The fourth-order valence-electron chi connectivity index (χ4n) is 15.1. The molecule has 1 aliphatic carbocycles. The van der Waals surface area contributed by atoms with Crippen molar-refractivity contribution in [2.45, 2.75) is 364 Å². The predicted molar refractivity (Wildman–Crippen MR) is 411 cm³/mol. The summed E-state index contributed by atoms with van der Waals surface area (Å²) in [5.74, 6) is -7.64. The molecule has 0 spiro atoms. The van der Waals surface area contributed by atoms with E-state index < -0.39 is 71.4 Å². The SMILES string of the molecule is CCCCCCCCCCCC1c2cc(c(OC(C)=O)cc2OC(C)=O)C(CCCCCCCCCCC)c2cc(c(OC(C)=O)cc2OC(C)=O)C(CCCCCCCCCCC)c2cc(c(OC(C)=O)cc2OC(C)=O)C(CCCCCCCCCCC)c2cc1c(OC(C)=O)cc2OC(C)=O. The third-order valence-electron chi connectivity index (χ3n) is 20.0. The average molecular weight is 1440 g/mol. The van der Waals surface area contributed by atoms with Gasteiger partial charge in [-0.25, -0.2) is 0 Å². The lowest BCUT2D eigenvalue weighted by Crippen LogP contribution is -2.18. The molecule has 576 valence electrons. The highest BCUT2D eigenvalue weighted by molar-refractivity contribution is 5.79. The van der Waals surface area contributed by atoms with Crippen molar-refractivity contribution in [2.75, 3.05) is 0 Å². The molecule has 0 heterocycles. The van der Waals surface area contributed by atoms with Crippen LogP contribution in [-0.4, -0.2) is 47.8 Å². The number of fused-ring (bicyclic) bond motifs is 8. The average Bonchev–Trinajstić information content (AvgIpc) is 0.749. The Balaban J connectivity index is 2.12. The van der Waals surface area contributed by atoms with E-state index in [-0.39, 0.29) is 46.0 Å². The van der Waals surface area contributed by atoms with Gasteiger partial charge in [0, 0.05) is 148 Å². The molecule has 0 radical (unpaired) electrons. The van der Waals surface area contributed by atoms with Crippen molar-refractivity contribution in [3.8, 4) is 46.0 Å². The molecule has 0 amide bonds. The van der Waals surface area contributed by atoms with E-state index in [1.54, 1.807) is 24.3 Å². The number of hydrogen-bond acceptors (Lipinski definition) is 16. The van der Waals surface area contributed by atoms with Gasteiger partial charge < -0.3 is 37.9 Å². The summed E-state index contributed by atoms with van der Waals surface area (Å²) in [4.78, 5) is 110. The Hall–Kier alpha value is -7.36. The molecular weight excluding hydrogens is 1310 g/mol. The van der Waals surface area contributed by atoms with Gasteiger partial charge in [-0.1, -0.05) is 259 Å². The second-order valence-corrected chi connectivity index (χ2v) is 29.1. The molecule has 16 nitrogen and oxygen atoms in total. The maximum absolute atomic E-state index is 13.8. The van der Waals surface area contributed by atoms with Crippen LogP contribution in [0.4, 0.5) is 0 Å². The number of hydrogen-bond donors (Lipinski definition) is 0. The van der Waals surface area contributed by atoms with Crippen LogP contribution in [0.1, 0.15) is 408 Å². The minimum Gasteiger partial charge on any atom is -0.426 e. The fourth-order valence-corrected chi connectivity index (χ4v) is 15.1. The van der Waals surface area contributed by atoms with Crippen LogP contribution in [0, 0.1) is 0 Å². The largest absolute Gasteiger partial charge is 0.426 e. The molecule has 16 heteroatoms. The van der Waals surface area contributed by atoms with Crippen LogP contribution in [0.5, 0.6) is 46.0 Å². The van der Waals surface area contributed by atoms with Crippen molar-refractivity contribution >= 4 is 47.8 Å². The van der Waals surface area contributed by atoms with Crippen LogP contribution in [0.2, 0.25) is 0 Å². The van der Waals surface area contributed by atoms with Crippen LogP contribution in [0.25, 0.3) is 0 Å². The molecule has 4 aromatic carbocycles. The monoisotopic (exact) mass is 1440 g/mol. The van der Waals surface area contributed by atoms with E-state index in [2.05, 4.69) is 27.7 Å². The summed E-state index contributed by atoms with van der Waals surface area (Å²) in [7, 11) is 0. The van der Waals surface area contributed by atoms with E-state index in [9.17, 15) is 38.4 Å². The van der Waals surface area contributed by atoms with Crippen LogP contribution in [-0.2, 0) is 38.4 Å². The summed E-state index contributed by atoms with van der Waals surface area (Å²) >= 11 is 0. The fraction of sp³-hybridized carbons (Fsp3) is 0.636.